The Morgan fingerprint density at radius 3 is 2.84 bits per heavy atom. The van der Waals surface area contributed by atoms with Crippen LogP contribution < -0.4 is 5.32 Å². The van der Waals surface area contributed by atoms with Crippen LogP contribution in [0.3, 0.4) is 0 Å². The fraction of sp³-hybridized carbons (Fsp3) is 0.722. The molecular formula is C18H30N4O3. The third kappa shape index (κ3) is 6.02. The molecule has 0 radical (unpaired) electrons. The molecule has 7 nitrogen and oxygen atoms in total. The molecule has 1 aromatic rings. The van der Waals surface area contributed by atoms with Gasteiger partial charge in [0.05, 0.1) is 11.3 Å². The molecule has 0 unspecified atom stereocenters. The van der Waals surface area contributed by atoms with Gasteiger partial charge in [-0.3, -0.25) is 4.79 Å². The summed E-state index contributed by atoms with van der Waals surface area (Å²) < 4.78 is 5.01. The van der Waals surface area contributed by atoms with E-state index in [1.165, 1.54) is 0 Å². The van der Waals surface area contributed by atoms with Crippen LogP contribution in [0, 0.1) is 6.92 Å². The molecule has 1 aliphatic heterocycles. The van der Waals surface area contributed by atoms with Gasteiger partial charge in [0, 0.05) is 45.5 Å². The first-order chi connectivity index (χ1) is 12.2. The summed E-state index contributed by atoms with van der Waals surface area (Å²) in [6.45, 7) is 6.19. The van der Waals surface area contributed by atoms with E-state index >= 15 is 0 Å². The molecule has 2 N–H and O–H groups in total. The van der Waals surface area contributed by atoms with Crippen molar-refractivity contribution in [2.24, 2.45) is 0 Å². The molecule has 0 saturated carbocycles. The van der Waals surface area contributed by atoms with Crippen molar-refractivity contribution in [3.63, 3.8) is 0 Å². The summed E-state index contributed by atoms with van der Waals surface area (Å²) >= 11 is 0. The van der Waals surface area contributed by atoms with Crippen molar-refractivity contribution < 1.29 is 14.6 Å². The molecule has 0 spiro atoms. The maximum absolute atomic E-state index is 12.5. The van der Waals surface area contributed by atoms with Crippen molar-refractivity contribution in [1.82, 2.24) is 20.2 Å². The number of ether oxygens (including phenoxy) is 1. The fourth-order valence-electron chi connectivity index (χ4n) is 3.21. The molecule has 0 aliphatic carbocycles. The van der Waals surface area contributed by atoms with Crippen LogP contribution in [-0.4, -0.2) is 72.4 Å². The number of carbonyl (C=O) groups is 1. The molecule has 2 rings (SSSR count). The van der Waals surface area contributed by atoms with Gasteiger partial charge in [-0.05, 0) is 45.7 Å². The number of nitrogens with zero attached hydrogens (tertiary/aromatic N) is 3. The number of piperidine rings is 1. The molecule has 0 atom stereocenters. The molecule has 0 bridgehead atoms. The maximum Gasteiger partial charge on any atom is 0.254 e. The maximum atomic E-state index is 12.5. The number of carbonyl (C=O) groups excluding carboxylic acids is 1. The van der Waals surface area contributed by atoms with Gasteiger partial charge < -0.3 is 20.1 Å². The topological polar surface area (TPSA) is 87.6 Å². The second kappa shape index (κ2) is 10.4. The number of likely N-dealkylation sites (tertiary alicyclic amines) is 1. The van der Waals surface area contributed by atoms with E-state index < -0.39 is 0 Å². The van der Waals surface area contributed by atoms with Gasteiger partial charge in [-0.15, -0.1) is 0 Å². The van der Waals surface area contributed by atoms with Crippen molar-refractivity contribution in [2.45, 2.75) is 38.5 Å². The van der Waals surface area contributed by atoms with Crippen LogP contribution in [0.5, 0.6) is 0 Å². The van der Waals surface area contributed by atoms with Crippen LogP contribution in [0.15, 0.2) is 6.20 Å². The van der Waals surface area contributed by atoms with Crippen LogP contribution >= 0.6 is 0 Å². The van der Waals surface area contributed by atoms with Gasteiger partial charge in [0.2, 0.25) is 0 Å². The highest BCUT2D eigenvalue weighted by Gasteiger charge is 2.26. The number of hydrogen-bond donors (Lipinski definition) is 2. The fourth-order valence-corrected chi connectivity index (χ4v) is 3.21. The van der Waals surface area contributed by atoms with E-state index in [0.717, 1.165) is 51.0 Å². The zero-order chi connectivity index (χ0) is 18.1. The number of nitrogens with one attached hydrogen (secondary N) is 1. The zero-order valence-electron chi connectivity index (χ0n) is 15.3. The van der Waals surface area contributed by atoms with Crippen LogP contribution in [-0.2, 0) is 4.74 Å². The molecule has 1 aliphatic rings. The predicted octanol–water partition coefficient (Wildman–Crippen LogP) is 1.11. The second-order valence-electron chi connectivity index (χ2n) is 6.51. The lowest BCUT2D eigenvalue weighted by atomic mass is 9.90. The van der Waals surface area contributed by atoms with Crippen molar-refractivity contribution in [3.8, 4) is 0 Å². The van der Waals surface area contributed by atoms with Gasteiger partial charge in [-0.2, -0.15) is 0 Å². The number of hydrogen-bond acceptors (Lipinski definition) is 6. The van der Waals surface area contributed by atoms with E-state index in [1.54, 1.807) is 13.3 Å². The predicted molar refractivity (Wildman–Crippen MR) is 95.7 cm³/mol. The second-order valence-corrected chi connectivity index (χ2v) is 6.51. The number of aliphatic hydroxyl groups excluding tert-OH is 1. The summed E-state index contributed by atoms with van der Waals surface area (Å²) in [6, 6.07) is 0. The number of methoxy groups -OCH3 is 1. The minimum Gasteiger partial charge on any atom is -0.396 e. The molecule has 25 heavy (non-hydrogen) atoms. The van der Waals surface area contributed by atoms with Gasteiger partial charge in [-0.1, -0.05) is 0 Å². The number of aryl methyl sites for hydroxylation is 1. The molecule has 1 amide bonds. The first-order valence-corrected chi connectivity index (χ1v) is 9.09. The Morgan fingerprint density at radius 2 is 2.16 bits per heavy atom. The molecule has 7 heteroatoms. The first kappa shape index (κ1) is 19.8. The van der Waals surface area contributed by atoms with E-state index in [9.17, 15) is 4.79 Å². The van der Waals surface area contributed by atoms with Gasteiger partial charge in [0.1, 0.15) is 5.82 Å². The highest BCUT2D eigenvalue weighted by molar-refractivity contribution is 5.95. The lowest BCUT2D eigenvalue weighted by Gasteiger charge is -2.32. The van der Waals surface area contributed by atoms with Gasteiger partial charge in [-0.25, -0.2) is 9.97 Å². The molecule has 2 heterocycles. The van der Waals surface area contributed by atoms with Crippen LogP contribution in [0.1, 0.15) is 53.5 Å². The number of amides is 1. The average Bonchev–Trinajstić information content (AvgIpc) is 2.63. The van der Waals surface area contributed by atoms with Crippen LogP contribution in [0.4, 0.5) is 0 Å². The van der Waals surface area contributed by atoms with Crippen molar-refractivity contribution in [3.05, 3.63) is 23.3 Å². The highest BCUT2D eigenvalue weighted by atomic mass is 16.5. The number of rotatable bonds is 9. The standard InChI is InChI=1S/C18H30N4O3/c1-14-20-13-16(18(24)19-7-3-12-25-2)17(21-14)15-5-9-22(10-6-15)8-4-11-23/h13,15,23H,3-12H2,1-2H3,(H,19,24). The Kier molecular flexibility index (Phi) is 8.24. The normalized spacial score (nSPS) is 16.1. The molecule has 1 saturated heterocycles. The minimum absolute atomic E-state index is 0.103. The number of aromatic nitrogens is 2. The Bertz CT molecular complexity index is 545. The third-order valence-electron chi connectivity index (χ3n) is 4.60. The lowest BCUT2D eigenvalue weighted by Crippen LogP contribution is -2.35. The highest BCUT2D eigenvalue weighted by Crippen LogP contribution is 2.29. The minimum atomic E-state index is -0.103. The summed E-state index contributed by atoms with van der Waals surface area (Å²) in [5, 5.41) is 11.9. The molecule has 1 fully saturated rings. The smallest absolute Gasteiger partial charge is 0.254 e. The van der Waals surface area contributed by atoms with Gasteiger partial charge >= 0.3 is 0 Å². The Hall–Kier alpha value is -1.57. The summed E-state index contributed by atoms with van der Waals surface area (Å²) in [6.07, 6.45) is 5.21. The van der Waals surface area contributed by atoms with E-state index in [0.29, 0.717) is 24.5 Å². The Morgan fingerprint density at radius 1 is 1.40 bits per heavy atom. The molecule has 0 aromatic carbocycles. The van der Waals surface area contributed by atoms with E-state index in [4.69, 9.17) is 9.84 Å². The molecule has 1 aromatic heterocycles. The van der Waals surface area contributed by atoms with E-state index in [-0.39, 0.29) is 18.4 Å². The van der Waals surface area contributed by atoms with Crippen molar-refractivity contribution in [1.29, 1.82) is 0 Å². The van der Waals surface area contributed by atoms with Crippen molar-refractivity contribution >= 4 is 5.91 Å². The first-order valence-electron chi connectivity index (χ1n) is 9.09. The Labute approximate surface area is 149 Å². The Balaban J connectivity index is 2.00. The monoisotopic (exact) mass is 350 g/mol. The van der Waals surface area contributed by atoms with Crippen LogP contribution in [0.2, 0.25) is 0 Å². The summed E-state index contributed by atoms with van der Waals surface area (Å²) in [4.78, 5) is 23.7. The number of aliphatic hydroxyl groups is 1. The third-order valence-corrected chi connectivity index (χ3v) is 4.60. The summed E-state index contributed by atoms with van der Waals surface area (Å²) in [7, 11) is 1.65. The summed E-state index contributed by atoms with van der Waals surface area (Å²) in [5.41, 5.74) is 1.47. The van der Waals surface area contributed by atoms with Crippen LogP contribution in [0.25, 0.3) is 0 Å². The average molecular weight is 350 g/mol. The lowest BCUT2D eigenvalue weighted by molar-refractivity contribution is 0.0945. The zero-order valence-corrected chi connectivity index (χ0v) is 15.3. The van der Waals surface area contributed by atoms with E-state index in [1.807, 2.05) is 6.92 Å². The van der Waals surface area contributed by atoms with Gasteiger partial charge in [0.25, 0.3) is 5.91 Å². The van der Waals surface area contributed by atoms with E-state index in [2.05, 4.69) is 20.2 Å². The largest absolute Gasteiger partial charge is 0.396 e. The van der Waals surface area contributed by atoms with Gasteiger partial charge in [0.15, 0.2) is 0 Å². The van der Waals surface area contributed by atoms with Crippen molar-refractivity contribution in [2.75, 3.05) is 46.5 Å². The summed E-state index contributed by atoms with van der Waals surface area (Å²) in [5.74, 6) is 0.884. The molecule has 140 valence electrons. The quantitative estimate of drug-likeness (QED) is 0.649. The molecular weight excluding hydrogens is 320 g/mol. The SMILES string of the molecule is COCCCNC(=O)c1cnc(C)nc1C1CCN(CCCO)CC1.